The molecule has 3 rings (SSSR count). The first kappa shape index (κ1) is 14.8. The lowest BCUT2D eigenvalue weighted by Crippen LogP contribution is -2.26. The van der Waals surface area contributed by atoms with Gasteiger partial charge in [-0.25, -0.2) is 0 Å². The topological polar surface area (TPSA) is 17.1 Å². The normalized spacial score (nSPS) is 11.4. The Balaban J connectivity index is 2.31. The second kappa shape index (κ2) is 5.94. The minimum Gasteiger partial charge on any atom is -0.309 e. The van der Waals surface area contributed by atoms with Crippen LogP contribution in [0, 0.1) is 13.8 Å². The molecule has 0 saturated carbocycles. The van der Waals surface area contributed by atoms with Crippen molar-refractivity contribution >= 4 is 23.1 Å². The maximum Gasteiger partial charge on any atom is 0.171 e. The van der Waals surface area contributed by atoms with Gasteiger partial charge in [-0.05, 0) is 19.4 Å². The Bertz CT molecular complexity index is 779. The third-order valence-electron chi connectivity index (χ3n) is 3.93. The molecule has 0 bridgehead atoms. The molecule has 0 radical (unpaired) electrons. The Morgan fingerprint density at radius 1 is 0.682 bits per heavy atom. The molecule has 3 aromatic carbocycles. The highest BCUT2D eigenvalue weighted by Crippen LogP contribution is 2.43. The van der Waals surface area contributed by atoms with E-state index in [9.17, 15) is 4.57 Å². The van der Waals surface area contributed by atoms with Gasteiger partial charge in [0.2, 0.25) is 0 Å². The molecule has 1 nitrogen and oxygen atoms in total. The summed E-state index contributed by atoms with van der Waals surface area (Å²) in [6, 6.07) is 25.8. The summed E-state index contributed by atoms with van der Waals surface area (Å²) in [5.41, 5.74) is 2.27. The van der Waals surface area contributed by atoms with Crippen LogP contribution in [0.2, 0.25) is 0 Å². The smallest absolute Gasteiger partial charge is 0.171 e. The van der Waals surface area contributed by atoms with Crippen LogP contribution in [-0.4, -0.2) is 0 Å². The van der Waals surface area contributed by atoms with E-state index in [2.05, 4.69) is 13.0 Å². The minimum absolute atomic E-state index is 0.883. The molecule has 0 aliphatic carbocycles. The fraction of sp³-hybridized carbons (Fsp3) is 0.100. The number of benzene rings is 3. The summed E-state index contributed by atoms with van der Waals surface area (Å²) in [7, 11) is -2.83. The average Bonchev–Trinajstić information content (AvgIpc) is 2.56. The van der Waals surface area contributed by atoms with Crippen LogP contribution in [0.5, 0.6) is 0 Å². The van der Waals surface area contributed by atoms with E-state index < -0.39 is 7.14 Å². The first-order chi connectivity index (χ1) is 10.6. The Morgan fingerprint density at radius 3 is 1.64 bits per heavy atom. The SMILES string of the molecule is Cc1ccc(P(=O)(c2ccccc2)c2ccccc2)c(C)c1. The summed E-state index contributed by atoms with van der Waals surface area (Å²) in [6.45, 7) is 4.10. The van der Waals surface area contributed by atoms with Crippen molar-refractivity contribution in [1.82, 2.24) is 0 Å². The van der Waals surface area contributed by atoms with Gasteiger partial charge in [0.15, 0.2) is 7.14 Å². The molecule has 3 aromatic rings. The van der Waals surface area contributed by atoms with Crippen molar-refractivity contribution in [2.45, 2.75) is 13.8 Å². The second-order valence-corrected chi connectivity index (χ2v) is 8.30. The summed E-state index contributed by atoms with van der Waals surface area (Å²) in [5, 5.41) is 2.69. The van der Waals surface area contributed by atoms with Gasteiger partial charge in [-0.3, -0.25) is 0 Å². The van der Waals surface area contributed by atoms with Crippen molar-refractivity contribution in [2.24, 2.45) is 0 Å². The van der Waals surface area contributed by atoms with Gasteiger partial charge in [0.1, 0.15) is 0 Å². The van der Waals surface area contributed by atoms with Crippen LogP contribution in [0.1, 0.15) is 11.1 Å². The van der Waals surface area contributed by atoms with E-state index in [1.807, 2.05) is 79.7 Å². The van der Waals surface area contributed by atoms with Gasteiger partial charge in [-0.2, -0.15) is 0 Å². The highest BCUT2D eigenvalue weighted by atomic mass is 31.2. The van der Waals surface area contributed by atoms with E-state index in [0.717, 1.165) is 21.5 Å². The van der Waals surface area contributed by atoms with Gasteiger partial charge in [-0.15, -0.1) is 0 Å². The maximum absolute atomic E-state index is 14.2. The molecule has 0 atom stereocenters. The van der Waals surface area contributed by atoms with Gasteiger partial charge < -0.3 is 4.57 Å². The van der Waals surface area contributed by atoms with Crippen molar-refractivity contribution < 1.29 is 4.57 Å². The fourth-order valence-corrected chi connectivity index (χ4v) is 5.75. The van der Waals surface area contributed by atoms with Crippen LogP contribution >= 0.6 is 7.14 Å². The first-order valence-corrected chi connectivity index (χ1v) is 9.12. The number of rotatable bonds is 3. The zero-order valence-electron chi connectivity index (χ0n) is 12.9. The van der Waals surface area contributed by atoms with E-state index in [-0.39, 0.29) is 0 Å². The summed E-state index contributed by atoms with van der Waals surface area (Å²) < 4.78 is 14.2. The van der Waals surface area contributed by atoms with Crippen LogP contribution in [0.25, 0.3) is 0 Å². The van der Waals surface area contributed by atoms with Crippen LogP contribution in [0.3, 0.4) is 0 Å². The molecule has 0 saturated heterocycles. The third kappa shape index (κ3) is 2.53. The van der Waals surface area contributed by atoms with E-state index >= 15 is 0 Å². The van der Waals surface area contributed by atoms with Crippen molar-refractivity contribution in [3.05, 3.63) is 90.0 Å². The zero-order valence-corrected chi connectivity index (χ0v) is 13.8. The maximum atomic E-state index is 14.2. The number of hydrogen-bond donors (Lipinski definition) is 0. The predicted octanol–water partition coefficient (Wildman–Crippen LogP) is 3.94. The first-order valence-electron chi connectivity index (χ1n) is 7.41. The predicted molar refractivity (Wildman–Crippen MR) is 95.3 cm³/mol. The monoisotopic (exact) mass is 306 g/mol. The Morgan fingerprint density at radius 2 is 1.18 bits per heavy atom. The van der Waals surface area contributed by atoms with Crippen LogP contribution in [-0.2, 0) is 4.57 Å². The van der Waals surface area contributed by atoms with E-state index in [1.54, 1.807) is 0 Å². The minimum atomic E-state index is -2.83. The quantitative estimate of drug-likeness (QED) is 0.670. The summed E-state index contributed by atoms with van der Waals surface area (Å²) in [5.74, 6) is 0. The van der Waals surface area contributed by atoms with Gasteiger partial charge in [0.25, 0.3) is 0 Å². The second-order valence-electron chi connectivity index (χ2n) is 5.57. The van der Waals surface area contributed by atoms with Crippen molar-refractivity contribution in [1.29, 1.82) is 0 Å². The molecule has 0 amide bonds. The molecule has 110 valence electrons. The number of hydrogen-bond acceptors (Lipinski definition) is 1. The fourth-order valence-electron chi connectivity index (χ4n) is 2.86. The molecule has 0 unspecified atom stereocenters. The lowest BCUT2D eigenvalue weighted by atomic mass is 10.2. The Kier molecular flexibility index (Phi) is 4.00. The Hall–Kier alpha value is -2.11. The van der Waals surface area contributed by atoms with Crippen molar-refractivity contribution in [3.63, 3.8) is 0 Å². The molecule has 0 aliphatic rings. The number of aryl methyl sites for hydroxylation is 2. The lowest BCUT2D eigenvalue weighted by Gasteiger charge is -2.22. The van der Waals surface area contributed by atoms with Gasteiger partial charge >= 0.3 is 0 Å². The molecule has 0 aliphatic heterocycles. The summed E-state index contributed by atoms with van der Waals surface area (Å²) >= 11 is 0. The lowest BCUT2D eigenvalue weighted by molar-refractivity contribution is 0.592. The van der Waals surface area contributed by atoms with Gasteiger partial charge in [0.05, 0.1) is 0 Å². The van der Waals surface area contributed by atoms with Gasteiger partial charge in [-0.1, -0.05) is 84.4 Å². The molecule has 0 spiro atoms. The highest BCUT2D eigenvalue weighted by Gasteiger charge is 2.30. The van der Waals surface area contributed by atoms with E-state index in [0.29, 0.717) is 0 Å². The van der Waals surface area contributed by atoms with Crippen molar-refractivity contribution in [3.8, 4) is 0 Å². The molecular weight excluding hydrogens is 287 g/mol. The zero-order chi connectivity index (χ0) is 15.6. The van der Waals surface area contributed by atoms with E-state index in [1.165, 1.54) is 5.56 Å². The highest BCUT2D eigenvalue weighted by molar-refractivity contribution is 7.85. The molecule has 0 aromatic heterocycles. The van der Waals surface area contributed by atoms with Crippen LogP contribution < -0.4 is 15.9 Å². The largest absolute Gasteiger partial charge is 0.309 e. The standard InChI is InChI=1S/C20H19OP/c1-16-13-14-20(17(2)15-16)22(21,18-9-5-3-6-10-18)19-11-7-4-8-12-19/h3-15H,1-2H3. The molecule has 0 N–H and O–H groups in total. The molecule has 0 fully saturated rings. The van der Waals surface area contributed by atoms with Gasteiger partial charge in [0, 0.05) is 15.9 Å². The molecule has 2 heteroatoms. The Labute approximate surface area is 132 Å². The summed E-state index contributed by atoms with van der Waals surface area (Å²) in [4.78, 5) is 0. The third-order valence-corrected chi connectivity index (χ3v) is 7.16. The van der Waals surface area contributed by atoms with Crippen molar-refractivity contribution in [2.75, 3.05) is 0 Å². The van der Waals surface area contributed by atoms with Crippen LogP contribution in [0.15, 0.2) is 78.9 Å². The summed E-state index contributed by atoms with van der Waals surface area (Å²) in [6.07, 6.45) is 0. The average molecular weight is 306 g/mol. The molecule has 22 heavy (non-hydrogen) atoms. The molecule has 0 heterocycles. The van der Waals surface area contributed by atoms with E-state index in [4.69, 9.17) is 0 Å². The molecular formula is C20H19OP. The van der Waals surface area contributed by atoms with Crippen LogP contribution in [0.4, 0.5) is 0 Å².